The number of nitrogens with one attached hydrogen (secondary N) is 1. The van der Waals surface area contributed by atoms with E-state index in [0.717, 1.165) is 10.7 Å². The van der Waals surface area contributed by atoms with Crippen LogP contribution >= 0.6 is 11.3 Å². The minimum atomic E-state index is -0.721. The Hall–Kier alpha value is -1.95. The van der Waals surface area contributed by atoms with Crippen molar-refractivity contribution >= 4 is 17.2 Å². The summed E-state index contributed by atoms with van der Waals surface area (Å²) in [6.07, 6.45) is -0.266. The molecule has 6 heteroatoms. The third-order valence-electron chi connectivity index (χ3n) is 2.88. The van der Waals surface area contributed by atoms with Crippen molar-refractivity contribution in [3.8, 4) is 5.75 Å². The molecule has 21 heavy (non-hydrogen) atoms. The van der Waals surface area contributed by atoms with Crippen LogP contribution in [0, 0.1) is 12.7 Å². The predicted octanol–water partition coefficient (Wildman–Crippen LogP) is 3.06. The number of hydrogen-bond donors (Lipinski definition) is 1. The Morgan fingerprint density at radius 2 is 2.24 bits per heavy atom. The van der Waals surface area contributed by atoms with Gasteiger partial charge in [0.15, 0.2) is 17.7 Å². The summed E-state index contributed by atoms with van der Waals surface area (Å²) in [6.45, 7) is 4.07. The first-order chi connectivity index (χ1) is 10.1. The third kappa shape index (κ3) is 4.26. The van der Waals surface area contributed by atoms with E-state index >= 15 is 0 Å². The molecule has 1 aromatic carbocycles. The summed E-state index contributed by atoms with van der Waals surface area (Å²) in [7, 11) is 0. The van der Waals surface area contributed by atoms with Crippen LogP contribution in [0.3, 0.4) is 0 Å². The Morgan fingerprint density at radius 1 is 1.48 bits per heavy atom. The van der Waals surface area contributed by atoms with Crippen LogP contribution in [0.5, 0.6) is 5.75 Å². The Balaban J connectivity index is 1.94. The summed E-state index contributed by atoms with van der Waals surface area (Å²) in [5, 5.41) is 5.61. The second-order valence-corrected chi connectivity index (χ2v) is 5.58. The Kier molecular flexibility index (Phi) is 5.27. The number of aromatic nitrogens is 1. The Morgan fingerprint density at radius 3 is 2.86 bits per heavy atom. The molecule has 0 unspecified atom stereocenters. The largest absolute Gasteiger partial charge is 0.478 e. The first-order valence-corrected chi connectivity index (χ1v) is 7.58. The summed E-state index contributed by atoms with van der Waals surface area (Å²) < 4.78 is 19.0. The maximum absolute atomic E-state index is 13.5. The Labute approximate surface area is 127 Å². The van der Waals surface area contributed by atoms with Crippen molar-refractivity contribution < 1.29 is 13.9 Å². The molecule has 1 heterocycles. The molecular formula is C15H17FN2O2S. The van der Waals surface area contributed by atoms with E-state index in [2.05, 4.69) is 10.3 Å². The highest BCUT2D eigenvalue weighted by molar-refractivity contribution is 7.09. The van der Waals surface area contributed by atoms with Gasteiger partial charge in [-0.2, -0.15) is 0 Å². The lowest BCUT2D eigenvalue weighted by Gasteiger charge is -2.17. The molecule has 0 radical (unpaired) electrons. The molecule has 0 bridgehead atoms. The molecule has 1 amide bonds. The highest BCUT2D eigenvalue weighted by Crippen LogP contribution is 2.18. The number of rotatable bonds is 6. The zero-order valence-electron chi connectivity index (χ0n) is 11.9. The normalized spacial score (nSPS) is 12.0. The second kappa shape index (κ2) is 7.17. The summed E-state index contributed by atoms with van der Waals surface area (Å²) in [5.74, 6) is -0.658. The fourth-order valence-corrected chi connectivity index (χ4v) is 2.41. The predicted molar refractivity (Wildman–Crippen MR) is 79.8 cm³/mol. The van der Waals surface area contributed by atoms with E-state index in [1.807, 2.05) is 19.2 Å². The van der Waals surface area contributed by atoms with Gasteiger partial charge in [0.2, 0.25) is 0 Å². The number of aryl methyl sites for hydroxylation is 1. The molecular weight excluding hydrogens is 291 g/mol. The molecule has 0 spiro atoms. The van der Waals surface area contributed by atoms with Gasteiger partial charge in [0, 0.05) is 5.38 Å². The number of para-hydroxylation sites is 1. The first kappa shape index (κ1) is 15.4. The zero-order chi connectivity index (χ0) is 15.2. The van der Waals surface area contributed by atoms with Gasteiger partial charge in [0.05, 0.1) is 17.2 Å². The number of amides is 1. The van der Waals surface area contributed by atoms with E-state index in [0.29, 0.717) is 13.0 Å². The molecule has 0 aliphatic heterocycles. The van der Waals surface area contributed by atoms with E-state index in [1.165, 1.54) is 23.5 Å². The summed E-state index contributed by atoms with van der Waals surface area (Å²) in [5.41, 5.74) is 0.812. The van der Waals surface area contributed by atoms with Gasteiger partial charge in [0.1, 0.15) is 0 Å². The van der Waals surface area contributed by atoms with Crippen LogP contribution in [0.15, 0.2) is 29.6 Å². The summed E-state index contributed by atoms with van der Waals surface area (Å²) in [4.78, 5) is 16.4. The summed E-state index contributed by atoms with van der Waals surface area (Å²) in [6, 6.07) is 6.06. The lowest BCUT2D eigenvalue weighted by atomic mass is 10.2. The molecule has 0 saturated heterocycles. The number of carbonyl (C=O) groups is 1. The standard InChI is InChI=1S/C15H17FN2O2S/c1-3-13(20-14-7-5-4-6-12(14)16)15(19)17-8-11-9-21-10(2)18-11/h4-7,9,13H,3,8H2,1-2H3,(H,17,19)/t13-/m1/s1. The van der Waals surface area contributed by atoms with Crippen molar-refractivity contribution in [3.05, 3.63) is 46.2 Å². The molecule has 2 aromatic rings. The maximum atomic E-state index is 13.5. The van der Waals surface area contributed by atoms with Crippen molar-refractivity contribution in [2.45, 2.75) is 32.9 Å². The number of benzene rings is 1. The minimum Gasteiger partial charge on any atom is -0.478 e. The average Bonchev–Trinajstić information content (AvgIpc) is 2.89. The number of ether oxygens (including phenoxy) is 1. The highest BCUT2D eigenvalue weighted by Gasteiger charge is 2.19. The molecule has 1 N–H and O–H groups in total. The molecule has 2 rings (SSSR count). The van der Waals surface area contributed by atoms with Crippen molar-refractivity contribution in [2.24, 2.45) is 0 Å². The van der Waals surface area contributed by atoms with Gasteiger partial charge in [0.25, 0.3) is 5.91 Å². The van der Waals surface area contributed by atoms with Gasteiger partial charge >= 0.3 is 0 Å². The van der Waals surface area contributed by atoms with Crippen molar-refractivity contribution in [2.75, 3.05) is 0 Å². The molecule has 4 nitrogen and oxygen atoms in total. The minimum absolute atomic E-state index is 0.0870. The zero-order valence-corrected chi connectivity index (χ0v) is 12.7. The summed E-state index contributed by atoms with van der Waals surface area (Å²) >= 11 is 1.53. The molecule has 0 aliphatic carbocycles. The molecule has 1 aromatic heterocycles. The van der Waals surface area contributed by atoms with Gasteiger partial charge in [-0.1, -0.05) is 19.1 Å². The van der Waals surface area contributed by atoms with Crippen LogP contribution < -0.4 is 10.1 Å². The monoisotopic (exact) mass is 308 g/mol. The van der Waals surface area contributed by atoms with Gasteiger partial charge in [-0.25, -0.2) is 9.37 Å². The first-order valence-electron chi connectivity index (χ1n) is 6.70. The van der Waals surface area contributed by atoms with E-state index in [9.17, 15) is 9.18 Å². The number of hydrogen-bond acceptors (Lipinski definition) is 4. The average molecular weight is 308 g/mol. The third-order valence-corrected chi connectivity index (χ3v) is 3.70. The molecule has 0 aliphatic rings. The fourth-order valence-electron chi connectivity index (χ4n) is 1.80. The van der Waals surface area contributed by atoms with Crippen LogP contribution in [0.2, 0.25) is 0 Å². The van der Waals surface area contributed by atoms with E-state index in [1.54, 1.807) is 12.1 Å². The van der Waals surface area contributed by atoms with E-state index in [4.69, 9.17) is 4.74 Å². The van der Waals surface area contributed by atoms with Crippen molar-refractivity contribution in [3.63, 3.8) is 0 Å². The van der Waals surface area contributed by atoms with Crippen molar-refractivity contribution in [1.82, 2.24) is 10.3 Å². The van der Waals surface area contributed by atoms with E-state index in [-0.39, 0.29) is 11.7 Å². The molecule has 112 valence electrons. The topological polar surface area (TPSA) is 51.2 Å². The van der Waals surface area contributed by atoms with Crippen LogP contribution in [-0.4, -0.2) is 17.0 Å². The quantitative estimate of drug-likeness (QED) is 0.892. The Bertz CT molecular complexity index is 615. The van der Waals surface area contributed by atoms with Gasteiger partial charge < -0.3 is 10.1 Å². The second-order valence-electron chi connectivity index (χ2n) is 4.52. The van der Waals surface area contributed by atoms with Crippen LogP contribution in [0.4, 0.5) is 4.39 Å². The lowest BCUT2D eigenvalue weighted by Crippen LogP contribution is -2.37. The van der Waals surface area contributed by atoms with Gasteiger partial charge in [-0.3, -0.25) is 4.79 Å². The number of thiazole rings is 1. The highest BCUT2D eigenvalue weighted by atomic mass is 32.1. The molecule has 0 saturated carbocycles. The number of carbonyl (C=O) groups excluding carboxylic acids is 1. The number of nitrogens with zero attached hydrogens (tertiary/aromatic N) is 1. The van der Waals surface area contributed by atoms with Crippen LogP contribution in [0.1, 0.15) is 24.0 Å². The smallest absolute Gasteiger partial charge is 0.261 e. The van der Waals surface area contributed by atoms with E-state index < -0.39 is 11.9 Å². The number of halogens is 1. The maximum Gasteiger partial charge on any atom is 0.261 e. The fraction of sp³-hybridized carbons (Fsp3) is 0.333. The van der Waals surface area contributed by atoms with Gasteiger partial charge in [-0.15, -0.1) is 11.3 Å². The molecule has 1 atom stereocenters. The van der Waals surface area contributed by atoms with Crippen LogP contribution in [-0.2, 0) is 11.3 Å². The SMILES string of the molecule is CC[C@@H](Oc1ccccc1F)C(=O)NCc1csc(C)n1. The van der Waals surface area contributed by atoms with Crippen LogP contribution in [0.25, 0.3) is 0 Å². The molecule has 0 fully saturated rings. The lowest BCUT2D eigenvalue weighted by molar-refractivity contribution is -0.128. The van der Waals surface area contributed by atoms with Gasteiger partial charge in [-0.05, 0) is 25.5 Å². The van der Waals surface area contributed by atoms with Crippen molar-refractivity contribution in [1.29, 1.82) is 0 Å².